The van der Waals surface area contributed by atoms with Gasteiger partial charge in [0.05, 0.1) is 5.75 Å². The van der Waals surface area contributed by atoms with Gasteiger partial charge in [-0.05, 0) is 0 Å². The lowest BCUT2D eigenvalue weighted by Crippen LogP contribution is -2.21. The van der Waals surface area contributed by atoms with E-state index in [2.05, 4.69) is 10.2 Å². The summed E-state index contributed by atoms with van der Waals surface area (Å²) >= 11 is 0.724. The van der Waals surface area contributed by atoms with E-state index in [1.54, 1.807) is 13.8 Å². The first kappa shape index (κ1) is 14.8. The number of aromatic nitrogens is 3. The van der Waals surface area contributed by atoms with Gasteiger partial charge < -0.3 is 5.11 Å². The van der Waals surface area contributed by atoms with E-state index in [0.717, 1.165) is 16.3 Å². The molecular weight excluding hydrogens is 271 g/mol. The minimum Gasteiger partial charge on any atom is -0.481 e. The predicted molar refractivity (Wildman–Crippen MR) is 58.5 cm³/mol. The Morgan fingerprint density at radius 2 is 2.06 bits per heavy atom. The van der Waals surface area contributed by atoms with Crippen molar-refractivity contribution in [2.45, 2.75) is 37.6 Å². The first-order valence-electron chi connectivity index (χ1n) is 5.05. The van der Waals surface area contributed by atoms with Crippen LogP contribution in [-0.2, 0) is 11.3 Å². The number of halogens is 3. The molecule has 0 atom stereocenters. The molecule has 1 aromatic heterocycles. The van der Waals surface area contributed by atoms with Crippen molar-refractivity contribution in [2.24, 2.45) is 0 Å². The summed E-state index contributed by atoms with van der Waals surface area (Å²) in [6.45, 7) is 2.18. The van der Waals surface area contributed by atoms with Crippen molar-refractivity contribution >= 4 is 17.7 Å². The molecule has 0 aliphatic heterocycles. The Kier molecular flexibility index (Phi) is 4.60. The van der Waals surface area contributed by atoms with Gasteiger partial charge >= 0.3 is 12.1 Å². The van der Waals surface area contributed by atoms with Crippen LogP contribution in [0.25, 0.3) is 0 Å². The highest BCUT2D eigenvalue weighted by Gasteiger charge is 2.31. The van der Waals surface area contributed by atoms with Crippen LogP contribution in [0, 0.1) is 0 Å². The first-order valence-corrected chi connectivity index (χ1v) is 6.03. The van der Waals surface area contributed by atoms with Gasteiger partial charge in [-0.25, -0.2) is 0 Å². The average Bonchev–Trinajstić information content (AvgIpc) is 2.55. The van der Waals surface area contributed by atoms with Crippen LogP contribution in [0.3, 0.4) is 0 Å². The van der Waals surface area contributed by atoms with Gasteiger partial charge in [0.1, 0.15) is 12.4 Å². The summed E-state index contributed by atoms with van der Waals surface area (Å²) in [7, 11) is 0. The third kappa shape index (κ3) is 4.21. The van der Waals surface area contributed by atoms with Crippen molar-refractivity contribution in [1.82, 2.24) is 14.8 Å². The summed E-state index contributed by atoms with van der Waals surface area (Å²) in [6, 6.07) is 0. The monoisotopic (exact) mass is 283 g/mol. The lowest BCUT2D eigenvalue weighted by molar-refractivity contribution is -0.142. The molecule has 1 heterocycles. The smallest absolute Gasteiger partial charge is 0.406 e. The van der Waals surface area contributed by atoms with E-state index in [-0.39, 0.29) is 22.7 Å². The number of hydrogen-bond acceptors (Lipinski definition) is 4. The van der Waals surface area contributed by atoms with Crippen LogP contribution in [0.15, 0.2) is 5.16 Å². The van der Waals surface area contributed by atoms with Crippen LogP contribution >= 0.6 is 11.8 Å². The molecule has 0 radical (unpaired) electrons. The van der Waals surface area contributed by atoms with Gasteiger partial charge in [-0.2, -0.15) is 13.2 Å². The number of carboxylic acids is 1. The second-order valence-corrected chi connectivity index (χ2v) is 4.82. The van der Waals surface area contributed by atoms with Crippen molar-refractivity contribution in [1.29, 1.82) is 0 Å². The van der Waals surface area contributed by atoms with Gasteiger partial charge in [-0.3, -0.25) is 9.36 Å². The molecule has 1 N–H and O–H groups in total. The maximum absolute atomic E-state index is 12.4. The number of aliphatic carboxylic acids is 1. The standard InChI is InChI=1S/C9H12F3N3O2S/c1-5(2)7-13-14-8(18-3-6(16)17)15(7)4-9(10,11)12/h5H,3-4H2,1-2H3,(H,16,17). The number of hydrogen-bond donors (Lipinski definition) is 1. The Balaban J connectivity index is 2.99. The van der Waals surface area contributed by atoms with Gasteiger partial charge in [0, 0.05) is 5.92 Å². The van der Waals surface area contributed by atoms with Crippen molar-refractivity contribution in [3.05, 3.63) is 5.82 Å². The molecule has 0 amide bonds. The SMILES string of the molecule is CC(C)c1nnc(SCC(=O)O)n1CC(F)(F)F. The summed E-state index contributed by atoms with van der Waals surface area (Å²) in [4.78, 5) is 10.4. The number of carboxylic acid groups (broad SMARTS) is 1. The van der Waals surface area contributed by atoms with E-state index < -0.39 is 18.7 Å². The van der Waals surface area contributed by atoms with Crippen LogP contribution in [0.1, 0.15) is 25.6 Å². The Hall–Kier alpha value is -1.25. The molecule has 0 aromatic carbocycles. The van der Waals surface area contributed by atoms with E-state index >= 15 is 0 Å². The van der Waals surface area contributed by atoms with E-state index in [4.69, 9.17) is 5.11 Å². The molecule has 5 nitrogen and oxygen atoms in total. The second kappa shape index (κ2) is 5.59. The molecule has 9 heteroatoms. The highest BCUT2D eigenvalue weighted by atomic mass is 32.2. The average molecular weight is 283 g/mol. The first-order chi connectivity index (χ1) is 8.20. The van der Waals surface area contributed by atoms with Crippen LogP contribution in [-0.4, -0.2) is 37.8 Å². The van der Waals surface area contributed by atoms with Crippen molar-refractivity contribution in [3.63, 3.8) is 0 Å². The zero-order valence-corrected chi connectivity index (χ0v) is 10.5. The van der Waals surface area contributed by atoms with Crippen LogP contribution in [0.2, 0.25) is 0 Å². The molecule has 18 heavy (non-hydrogen) atoms. The van der Waals surface area contributed by atoms with Crippen LogP contribution in [0.5, 0.6) is 0 Å². The fourth-order valence-electron chi connectivity index (χ4n) is 1.29. The number of thioether (sulfide) groups is 1. The molecule has 0 spiro atoms. The quantitative estimate of drug-likeness (QED) is 0.838. The third-order valence-corrected chi connectivity index (χ3v) is 2.88. The Morgan fingerprint density at radius 1 is 1.44 bits per heavy atom. The summed E-state index contributed by atoms with van der Waals surface area (Å²) in [5.41, 5.74) is 0. The van der Waals surface area contributed by atoms with E-state index in [1.165, 1.54) is 0 Å². The topological polar surface area (TPSA) is 68.0 Å². The highest BCUT2D eigenvalue weighted by Crippen LogP contribution is 2.26. The summed E-state index contributed by atoms with van der Waals surface area (Å²) in [5.74, 6) is -1.50. The molecule has 0 bridgehead atoms. The summed E-state index contributed by atoms with van der Waals surface area (Å²) in [5, 5.41) is 15.8. The second-order valence-electron chi connectivity index (χ2n) is 3.88. The third-order valence-electron chi connectivity index (χ3n) is 1.92. The molecule has 0 fully saturated rings. The van der Waals surface area contributed by atoms with Gasteiger partial charge in [0.15, 0.2) is 5.16 Å². The number of nitrogens with zero attached hydrogens (tertiary/aromatic N) is 3. The maximum Gasteiger partial charge on any atom is 0.406 e. The Bertz CT molecular complexity index is 431. The minimum absolute atomic E-state index is 0.0292. The molecule has 0 unspecified atom stereocenters. The number of alkyl halides is 3. The van der Waals surface area contributed by atoms with Gasteiger partial charge in [-0.1, -0.05) is 25.6 Å². The molecule has 0 saturated carbocycles. The molecule has 0 aliphatic rings. The van der Waals surface area contributed by atoms with Crippen molar-refractivity contribution in [3.8, 4) is 0 Å². The molecular formula is C9H12F3N3O2S. The molecule has 0 saturated heterocycles. The summed E-state index contributed by atoms with van der Waals surface area (Å²) in [6.07, 6.45) is -4.40. The minimum atomic E-state index is -4.40. The van der Waals surface area contributed by atoms with Gasteiger partial charge in [0.25, 0.3) is 0 Å². The van der Waals surface area contributed by atoms with E-state index in [9.17, 15) is 18.0 Å². The van der Waals surface area contributed by atoms with E-state index in [1.807, 2.05) is 0 Å². The van der Waals surface area contributed by atoms with Crippen molar-refractivity contribution < 1.29 is 23.1 Å². The largest absolute Gasteiger partial charge is 0.481 e. The number of carbonyl (C=O) groups is 1. The highest BCUT2D eigenvalue weighted by molar-refractivity contribution is 7.99. The van der Waals surface area contributed by atoms with Crippen LogP contribution < -0.4 is 0 Å². The van der Waals surface area contributed by atoms with Gasteiger partial charge in [-0.15, -0.1) is 10.2 Å². The normalized spacial score (nSPS) is 12.1. The lowest BCUT2D eigenvalue weighted by atomic mass is 10.2. The van der Waals surface area contributed by atoms with Crippen molar-refractivity contribution in [2.75, 3.05) is 5.75 Å². The van der Waals surface area contributed by atoms with Gasteiger partial charge in [0.2, 0.25) is 0 Å². The van der Waals surface area contributed by atoms with E-state index in [0.29, 0.717) is 0 Å². The maximum atomic E-state index is 12.4. The molecule has 1 aromatic rings. The Morgan fingerprint density at radius 3 is 2.50 bits per heavy atom. The zero-order valence-electron chi connectivity index (χ0n) is 9.73. The molecule has 0 aliphatic carbocycles. The number of rotatable bonds is 5. The lowest BCUT2D eigenvalue weighted by Gasteiger charge is -2.13. The van der Waals surface area contributed by atoms with Crippen LogP contribution in [0.4, 0.5) is 13.2 Å². The zero-order chi connectivity index (χ0) is 13.9. The summed E-state index contributed by atoms with van der Waals surface area (Å²) < 4.78 is 38.2. The predicted octanol–water partition coefficient (Wildman–Crippen LogP) is 2.14. The molecule has 102 valence electrons. The fourth-order valence-corrected chi connectivity index (χ4v) is 1.95. The fraction of sp³-hybridized carbons (Fsp3) is 0.667. The Labute approximate surface area is 105 Å². The molecule has 1 rings (SSSR count).